The molecule has 4 nitrogen and oxygen atoms in total. The van der Waals surface area contributed by atoms with E-state index in [4.69, 9.17) is 4.74 Å². The number of esters is 1. The van der Waals surface area contributed by atoms with Crippen LogP contribution in [0.2, 0.25) is 0 Å². The number of carbonyl (C=O) groups is 1. The van der Waals surface area contributed by atoms with Crippen LogP contribution in [0.3, 0.4) is 0 Å². The van der Waals surface area contributed by atoms with Gasteiger partial charge in [-0.15, -0.1) is 0 Å². The summed E-state index contributed by atoms with van der Waals surface area (Å²) in [7, 11) is 0. The lowest BCUT2D eigenvalue weighted by atomic mass is 9.95. The first kappa shape index (κ1) is 22.8. The van der Waals surface area contributed by atoms with E-state index in [9.17, 15) is 4.79 Å². The molecule has 1 unspecified atom stereocenters. The molecule has 1 aliphatic carbocycles. The predicted molar refractivity (Wildman–Crippen MR) is 114 cm³/mol. The number of allylic oxidation sites excluding steroid dienone is 6. The van der Waals surface area contributed by atoms with Crippen molar-refractivity contribution in [2.45, 2.75) is 65.0 Å². The normalized spacial score (nSPS) is 17.7. The molecular weight excluding hydrogens is 336 g/mol. The topological polar surface area (TPSA) is 50.4 Å². The molecule has 0 aromatic rings. The summed E-state index contributed by atoms with van der Waals surface area (Å²) in [4.78, 5) is 11.8. The Morgan fingerprint density at radius 3 is 2.52 bits per heavy atom. The molecule has 0 aromatic carbocycles. The fourth-order valence-corrected chi connectivity index (χ4v) is 2.82. The second kappa shape index (κ2) is 13.9. The van der Waals surface area contributed by atoms with Crippen molar-refractivity contribution in [3.05, 3.63) is 61.0 Å². The fraction of sp³-hybridized carbons (Fsp3) is 0.522. The molecule has 0 bridgehead atoms. The van der Waals surface area contributed by atoms with Gasteiger partial charge in [0.05, 0.1) is 12.6 Å². The van der Waals surface area contributed by atoms with Crippen molar-refractivity contribution in [1.29, 1.82) is 0 Å². The van der Waals surface area contributed by atoms with Gasteiger partial charge in [0.25, 0.3) is 0 Å². The lowest BCUT2D eigenvalue weighted by Crippen LogP contribution is -2.38. The summed E-state index contributed by atoms with van der Waals surface area (Å²) in [6.45, 7) is 10.2. The summed E-state index contributed by atoms with van der Waals surface area (Å²) in [5.74, 6) is 0.0413. The highest BCUT2D eigenvalue weighted by atomic mass is 16.5. The minimum atomic E-state index is -0.299. The van der Waals surface area contributed by atoms with Crippen LogP contribution in [-0.4, -0.2) is 24.7 Å². The molecule has 4 heteroatoms. The first-order valence-corrected chi connectivity index (χ1v) is 10.0. The highest BCUT2D eigenvalue weighted by Crippen LogP contribution is 2.19. The molecule has 1 aliphatic rings. The number of rotatable bonds is 11. The van der Waals surface area contributed by atoms with Crippen molar-refractivity contribution < 1.29 is 9.53 Å². The first-order chi connectivity index (χ1) is 13.0. The zero-order chi connectivity index (χ0) is 19.9. The maximum Gasteiger partial charge on any atom is 0.330 e. The van der Waals surface area contributed by atoms with Crippen LogP contribution in [0.5, 0.6) is 0 Å². The average molecular weight is 373 g/mol. The number of nitrogens with one attached hydrogen (secondary N) is 2. The third-order valence-electron chi connectivity index (χ3n) is 4.31. The van der Waals surface area contributed by atoms with Crippen molar-refractivity contribution in [2.75, 3.05) is 6.61 Å². The van der Waals surface area contributed by atoms with Crippen LogP contribution in [0.1, 0.15) is 52.9 Å². The van der Waals surface area contributed by atoms with Gasteiger partial charge in [0.2, 0.25) is 0 Å². The zero-order valence-electron chi connectivity index (χ0n) is 17.1. The Balaban J connectivity index is 2.69. The highest BCUT2D eigenvalue weighted by molar-refractivity contribution is 5.82. The van der Waals surface area contributed by atoms with Crippen LogP contribution >= 0.6 is 0 Å². The van der Waals surface area contributed by atoms with Gasteiger partial charge in [-0.25, -0.2) is 4.79 Å². The van der Waals surface area contributed by atoms with Crippen LogP contribution in [-0.2, 0) is 9.53 Å². The van der Waals surface area contributed by atoms with E-state index in [1.54, 1.807) is 12.2 Å². The predicted octanol–water partition coefficient (Wildman–Crippen LogP) is 4.78. The largest absolute Gasteiger partial charge is 0.462 e. The number of ether oxygens (including phenoxy) is 1. The van der Waals surface area contributed by atoms with Gasteiger partial charge in [-0.05, 0) is 44.0 Å². The first-order valence-electron chi connectivity index (χ1n) is 10.0. The molecule has 0 spiro atoms. The van der Waals surface area contributed by atoms with E-state index in [1.807, 2.05) is 44.4 Å². The number of hydrogen-bond acceptors (Lipinski definition) is 4. The molecule has 0 heterocycles. The molecule has 0 amide bonds. The third kappa shape index (κ3) is 11.2. The van der Waals surface area contributed by atoms with Gasteiger partial charge in [-0.3, -0.25) is 0 Å². The van der Waals surface area contributed by atoms with E-state index < -0.39 is 0 Å². The maximum absolute atomic E-state index is 11.8. The molecule has 0 radical (unpaired) electrons. The number of hydrogen-bond donors (Lipinski definition) is 2. The molecule has 1 fully saturated rings. The van der Waals surface area contributed by atoms with Gasteiger partial charge < -0.3 is 15.4 Å². The van der Waals surface area contributed by atoms with Crippen LogP contribution < -0.4 is 10.6 Å². The Hall–Kier alpha value is -2.23. The smallest absolute Gasteiger partial charge is 0.330 e. The van der Waals surface area contributed by atoms with Gasteiger partial charge in [-0.2, -0.15) is 0 Å². The van der Waals surface area contributed by atoms with Crippen LogP contribution in [0, 0.1) is 5.92 Å². The Bertz CT molecular complexity index is 553. The number of carbonyl (C=O) groups excluding carboxylic acids is 1. The zero-order valence-corrected chi connectivity index (χ0v) is 17.1. The minimum absolute atomic E-state index is 0.108. The summed E-state index contributed by atoms with van der Waals surface area (Å²) < 4.78 is 5.18. The van der Waals surface area contributed by atoms with Gasteiger partial charge in [-0.1, -0.05) is 64.0 Å². The SMILES string of the molecule is C=C/C=C\C=C\NC(C)/C(=C\C=C\C(=O)OCC(C)C)NC1CCCCC1. The molecule has 0 aromatic heterocycles. The summed E-state index contributed by atoms with van der Waals surface area (Å²) >= 11 is 0. The molecule has 150 valence electrons. The Morgan fingerprint density at radius 1 is 1.11 bits per heavy atom. The van der Waals surface area contributed by atoms with E-state index in [-0.39, 0.29) is 12.0 Å². The van der Waals surface area contributed by atoms with Crippen LogP contribution in [0.4, 0.5) is 0 Å². The van der Waals surface area contributed by atoms with Gasteiger partial charge >= 0.3 is 5.97 Å². The summed E-state index contributed by atoms with van der Waals surface area (Å²) in [6, 6.07) is 0.608. The van der Waals surface area contributed by atoms with Gasteiger partial charge in [0.15, 0.2) is 0 Å². The molecule has 2 N–H and O–H groups in total. The van der Waals surface area contributed by atoms with E-state index in [1.165, 1.54) is 38.2 Å². The second-order valence-electron chi connectivity index (χ2n) is 7.35. The molecule has 1 saturated carbocycles. The van der Waals surface area contributed by atoms with Crippen molar-refractivity contribution in [3.63, 3.8) is 0 Å². The van der Waals surface area contributed by atoms with E-state index >= 15 is 0 Å². The van der Waals surface area contributed by atoms with Crippen LogP contribution in [0.15, 0.2) is 61.0 Å². The highest BCUT2D eigenvalue weighted by Gasteiger charge is 2.16. The van der Waals surface area contributed by atoms with Crippen molar-refractivity contribution >= 4 is 5.97 Å². The molecule has 1 rings (SSSR count). The lowest BCUT2D eigenvalue weighted by Gasteiger charge is -2.28. The van der Waals surface area contributed by atoms with Crippen molar-refractivity contribution in [1.82, 2.24) is 10.6 Å². The standard InChI is InChI=1S/C23H36N2O2/c1-5-6-7-11-17-24-20(4)22(25-21-13-9-8-10-14-21)15-12-16-23(26)27-18-19(2)3/h5-7,11-12,15-17,19-21,24-25H,1,8-10,13-14,18H2,2-4H3/b7-6-,16-12+,17-11+,22-15+. The lowest BCUT2D eigenvalue weighted by molar-refractivity contribution is -0.138. The Labute approximate surface area is 165 Å². The molecular formula is C23H36N2O2. The van der Waals surface area contributed by atoms with Crippen LogP contribution in [0.25, 0.3) is 0 Å². The third-order valence-corrected chi connectivity index (χ3v) is 4.31. The van der Waals surface area contributed by atoms with E-state index in [2.05, 4.69) is 24.1 Å². The Morgan fingerprint density at radius 2 is 1.85 bits per heavy atom. The average Bonchev–Trinajstić information content (AvgIpc) is 2.66. The molecule has 0 aliphatic heterocycles. The molecule has 1 atom stereocenters. The van der Waals surface area contributed by atoms with E-state index in [0.717, 1.165) is 5.70 Å². The minimum Gasteiger partial charge on any atom is -0.462 e. The van der Waals surface area contributed by atoms with Crippen molar-refractivity contribution in [2.24, 2.45) is 5.92 Å². The second-order valence-corrected chi connectivity index (χ2v) is 7.35. The molecule has 0 saturated heterocycles. The Kier molecular flexibility index (Phi) is 11.7. The monoisotopic (exact) mass is 372 g/mol. The summed E-state index contributed by atoms with van der Waals surface area (Å²) in [6.07, 6.45) is 20.9. The fourth-order valence-electron chi connectivity index (χ4n) is 2.82. The van der Waals surface area contributed by atoms with Gasteiger partial charge in [0.1, 0.15) is 0 Å². The molecule has 27 heavy (non-hydrogen) atoms. The maximum atomic E-state index is 11.8. The quantitative estimate of drug-likeness (QED) is 0.311. The summed E-state index contributed by atoms with van der Waals surface area (Å²) in [5.41, 5.74) is 1.08. The van der Waals surface area contributed by atoms with Gasteiger partial charge in [0, 0.05) is 17.8 Å². The van der Waals surface area contributed by atoms with E-state index in [0.29, 0.717) is 18.6 Å². The van der Waals surface area contributed by atoms with Crippen molar-refractivity contribution in [3.8, 4) is 0 Å². The summed E-state index contributed by atoms with van der Waals surface area (Å²) in [5, 5.41) is 7.02.